The summed E-state index contributed by atoms with van der Waals surface area (Å²) in [5.74, 6) is -2.36. The van der Waals surface area contributed by atoms with Gasteiger partial charge in [0.25, 0.3) is 0 Å². The van der Waals surface area contributed by atoms with Gasteiger partial charge in [-0.15, -0.1) is 0 Å². The second-order valence-corrected chi connectivity index (χ2v) is 8.33. The van der Waals surface area contributed by atoms with Crippen molar-refractivity contribution in [3.05, 3.63) is 94.3 Å². The van der Waals surface area contributed by atoms with E-state index in [0.29, 0.717) is 43.2 Å². The van der Waals surface area contributed by atoms with E-state index in [4.69, 9.17) is 0 Å². The third-order valence-electron chi connectivity index (χ3n) is 5.92. The minimum atomic E-state index is -0.931. The quantitative estimate of drug-likeness (QED) is 0.408. The number of aryl methyl sites for hydroxylation is 3. The number of rotatable bonds is 4. The van der Waals surface area contributed by atoms with Gasteiger partial charge in [0.05, 0.1) is 12.0 Å². The Morgan fingerprint density at radius 3 is 2.52 bits per heavy atom. The van der Waals surface area contributed by atoms with Gasteiger partial charge in [0.1, 0.15) is 23.3 Å². The highest BCUT2D eigenvalue weighted by Gasteiger charge is 2.30. The normalized spacial score (nSPS) is 15.8. The lowest BCUT2D eigenvalue weighted by molar-refractivity contribution is 0.421. The number of benzene rings is 2. The SMILES string of the molecule is Cc1cn(-c2ccc(/C=C/c3nc4n(n3)CCC[C@H]4c3c(F)cc(F)cc3F)cc2C)cn1. The summed E-state index contributed by atoms with van der Waals surface area (Å²) in [6.07, 6.45) is 8.68. The van der Waals surface area contributed by atoms with E-state index >= 15 is 0 Å². The molecule has 3 heterocycles. The molecule has 8 heteroatoms. The number of nitrogens with zero attached hydrogens (tertiary/aromatic N) is 5. The molecule has 0 amide bonds. The molecule has 2 aromatic carbocycles. The predicted octanol–water partition coefficient (Wildman–Crippen LogP) is 5.59. The van der Waals surface area contributed by atoms with Crippen LogP contribution >= 0.6 is 0 Å². The van der Waals surface area contributed by atoms with Gasteiger partial charge in [-0.2, -0.15) is 5.10 Å². The molecule has 0 saturated carbocycles. The number of imidazole rings is 1. The van der Waals surface area contributed by atoms with Gasteiger partial charge in [-0.25, -0.2) is 27.8 Å². The molecule has 1 aliphatic rings. The number of hydrogen-bond donors (Lipinski definition) is 0. The summed E-state index contributed by atoms with van der Waals surface area (Å²) in [6, 6.07) is 7.51. The zero-order valence-electron chi connectivity index (χ0n) is 18.3. The lowest BCUT2D eigenvalue weighted by Gasteiger charge is -2.23. The van der Waals surface area contributed by atoms with Crippen molar-refractivity contribution in [3.63, 3.8) is 0 Å². The lowest BCUT2D eigenvalue weighted by Crippen LogP contribution is -2.20. The van der Waals surface area contributed by atoms with Gasteiger partial charge >= 0.3 is 0 Å². The minimum absolute atomic E-state index is 0.152. The molecule has 2 aromatic heterocycles. The molecule has 5 rings (SSSR count). The molecule has 0 saturated heterocycles. The average molecular weight is 449 g/mol. The van der Waals surface area contributed by atoms with Crippen molar-refractivity contribution in [2.24, 2.45) is 0 Å². The van der Waals surface area contributed by atoms with Crippen LogP contribution < -0.4 is 0 Å². The van der Waals surface area contributed by atoms with Crippen LogP contribution in [0.5, 0.6) is 0 Å². The first kappa shape index (κ1) is 21.2. The van der Waals surface area contributed by atoms with Crippen molar-refractivity contribution >= 4 is 12.2 Å². The minimum Gasteiger partial charge on any atom is -0.306 e. The first-order chi connectivity index (χ1) is 15.9. The Hall–Kier alpha value is -3.68. The fourth-order valence-electron chi connectivity index (χ4n) is 4.40. The van der Waals surface area contributed by atoms with Gasteiger partial charge < -0.3 is 4.57 Å². The number of fused-ring (bicyclic) bond motifs is 1. The molecule has 1 aliphatic heterocycles. The summed E-state index contributed by atoms with van der Waals surface area (Å²) < 4.78 is 45.8. The topological polar surface area (TPSA) is 48.5 Å². The molecule has 0 radical (unpaired) electrons. The predicted molar refractivity (Wildman–Crippen MR) is 119 cm³/mol. The Kier molecular flexibility index (Phi) is 5.36. The van der Waals surface area contributed by atoms with E-state index in [-0.39, 0.29) is 5.56 Å². The zero-order chi connectivity index (χ0) is 23.1. The van der Waals surface area contributed by atoms with Crippen LogP contribution in [0.15, 0.2) is 42.9 Å². The molecule has 4 aromatic rings. The van der Waals surface area contributed by atoms with Crippen molar-refractivity contribution in [1.82, 2.24) is 24.3 Å². The van der Waals surface area contributed by atoms with Crippen LogP contribution in [0.3, 0.4) is 0 Å². The molecule has 0 unspecified atom stereocenters. The van der Waals surface area contributed by atoms with E-state index < -0.39 is 23.4 Å². The maximum absolute atomic E-state index is 14.4. The monoisotopic (exact) mass is 449 g/mol. The highest BCUT2D eigenvalue weighted by atomic mass is 19.1. The fourth-order valence-corrected chi connectivity index (χ4v) is 4.40. The molecule has 0 N–H and O–H groups in total. The van der Waals surface area contributed by atoms with Gasteiger partial charge in [0, 0.05) is 42.0 Å². The van der Waals surface area contributed by atoms with Crippen molar-refractivity contribution < 1.29 is 13.2 Å². The number of aromatic nitrogens is 5. The largest absolute Gasteiger partial charge is 0.306 e. The first-order valence-corrected chi connectivity index (χ1v) is 10.8. The van der Waals surface area contributed by atoms with E-state index in [2.05, 4.69) is 21.1 Å². The van der Waals surface area contributed by atoms with Crippen molar-refractivity contribution in [2.45, 2.75) is 39.2 Å². The Balaban J connectivity index is 1.42. The summed E-state index contributed by atoms with van der Waals surface area (Å²) in [5, 5.41) is 4.50. The Morgan fingerprint density at radius 1 is 1.03 bits per heavy atom. The highest BCUT2D eigenvalue weighted by Crippen LogP contribution is 2.35. The molecule has 0 spiro atoms. The Labute approximate surface area is 189 Å². The van der Waals surface area contributed by atoms with Gasteiger partial charge in [-0.1, -0.05) is 12.1 Å². The first-order valence-electron chi connectivity index (χ1n) is 10.8. The maximum Gasteiger partial charge on any atom is 0.174 e. The Bertz CT molecular complexity index is 1350. The van der Waals surface area contributed by atoms with Crippen molar-refractivity contribution in [2.75, 3.05) is 0 Å². The van der Waals surface area contributed by atoms with Crippen LogP contribution in [0, 0.1) is 31.3 Å². The standard InChI is InChI=1S/C25H22F3N5/c1-15-10-17(5-7-22(15)32-13-16(2)29-14-32)6-8-23-30-25-19(4-3-9-33(25)31-23)24-20(27)11-18(26)12-21(24)28/h5-8,10-14,19H,3-4,9H2,1-2H3/b8-6+/t19-/m0/s1. The van der Waals surface area contributed by atoms with Crippen LogP contribution in [-0.4, -0.2) is 24.3 Å². The second-order valence-electron chi connectivity index (χ2n) is 8.33. The smallest absolute Gasteiger partial charge is 0.174 e. The van der Waals surface area contributed by atoms with E-state index in [1.54, 1.807) is 17.1 Å². The molecular formula is C25H22F3N5. The third-order valence-corrected chi connectivity index (χ3v) is 5.92. The highest BCUT2D eigenvalue weighted by molar-refractivity contribution is 5.68. The molecule has 1 atom stereocenters. The van der Waals surface area contributed by atoms with Crippen LogP contribution in [-0.2, 0) is 6.54 Å². The molecule has 0 fully saturated rings. The lowest BCUT2D eigenvalue weighted by atomic mass is 9.90. The Morgan fingerprint density at radius 2 is 1.82 bits per heavy atom. The van der Waals surface area contributed by atoms with Crippen molar-refractivity contribution in [3.8, 4) is 5.69 Å². The summed E-state index contributed by atoms with van der Waals surface area (Å²) in [4.78, 5) is 8.82. The third kappa shape index (κ3) is 4.08. The maximum atomic E-state index is 14.4. The van der Waals surface area contributed by atoms with Crippen LogP contribution in [0.1, 0.15) is 52.8 Å². The van der Waals surface area contributed by atoms with Crippen LogP contribution in [0.2, 0.25) is 0 Å². The van der Waals surface area contributed by atoms with E-state index in [1.807, 2.05) is 42.8 Å². The fraction of sp³-hybridized carbons (Fsp3) is 0.240. The van der Waals surface area contributed by atoms with E-state index in [1.165, 1.54) is 0 Å². The average Bonchev–Trinajstić information content (AvgIpc) is 3.38. The van der Waals surface area contributed by atoms with Crippen LogP contribution in [0.25, 0.3) is 17.8 Å². The molecular weight excluding hydrogens is 427 g/mol. The number of hydrogen-bond acceptors (Lipinski definition) is 3. The zero-order valence-corrected chi connectivity index (χ0v) is 18.3. The summed E-state index contributed by atoms with van der Waals surface area (Å²) in [5.41, 5.74) is 3.92. The molecule has 168 valence electrons. The van der Waals surface area contributed by atoms with Gasteiger partial charge in [-0.3, -0.25) is 0 Å². The van der Waals surface area contributed by atoms with Gasteiger partial charge in [0.15, 0.2) is 5.82 Å². The van der Waals surface area contributed by atoms with E-state index in [0.717, 1.165) is 22.5 Å². The summed E-state index contributed by atoms with van der Waals surface area (Å²) in [7, 11) is 0. The van der Waals surface area contributed by atoms with Crippen molar-refractivity contribution in [1.29, 1.82) is 0 Å². The molecule has 0 bridgehead atoms. The molecule has 33 heavy (non-hydrogen) atoms. The second kappa shape index (κ2) is 8.35. The molecule has 5 nitrogen and oxygen atoms in total. The van der Waals surface area contributed by atoms with E-state index in [9.17, 15) is 13.2 Å². The van der Waals surface area contributed by atoms with Gasteiger partial charge in [0.2, 0.25) is 0 Å². The van der Waals surface area contributed by atoms with Gasteiger partial charge in [-0.05, 0) is 56.0 Å². The van der Waals surface area contributed by atoms with Crippen LogP contribution in [0.4, 0.5) is 13.2 Å². The summed E-state index contributed by atoms with van der Waals surface area (Å²) in [6.45, 7) is 4.60. The summed E-state index contributed by atoms with van der Waals surface area (Å²) >= 11 is 0. The number of halogens is 3. The molecule has 0 aliphatic carbocycles.